The van der Waals surface area contributed by atoms with E-state index < -0.39 is 0 Å². The molecule has 1 amide bonds. The number of para-hydroxylation sites is 1. The van der Waals surface area contributed by atoms with Gasteiger partial charge in [-0.25, -0.2) is 9.67 Å². The maximum atomic E-state index is 12.3. The third kappa shape index (κ3) is 4.76. The SMILES string of the molecule is COc1ccc(CNC(=O)CSc2nc(C3CC3)n(-c3ccccc3)n2)cc1OC. The molecule has 0 bridgehead atoms. The van der Waals surface area contributed by atoms with Crippen molar-refractivity contribution in [2.24, 2.45) is 0 Å². The number of aromatic nitrogens is 3. The summed E-state index contributed by atoms with van der Waals surface area (Å²) in [7, 11) is 3.19. The molecule has 8 heteroatoms. The van der Waals surface area contributed by atoms with E-state index in [0.29, 0.717) is 29.1 Å². The largest absolute Gasteiger partial charge is 0.493 e. The van der Waals surface area contributed by atoms with Gasteiger partial charge in [-0.15, -0.1) is 5.10 Å². The Hall–Kier alpha value is -3.00. The molecule has 4 rings (SSSR count). The van der Waals surface area contributed by atoms with Crippen molar-refractivity contribution in [2.45, 2.75) is 30.5 Å². The first-order valence-electron chi connectivity index (χ1n) is 9.80. The molecule has 2 aromatic carbocycles. The summed E-state index contributed by atoms with van der Waals surface area (Å²) in [6.45, 7) is 0.416. The lowest BCUT2D eigenvalue weighted by Crippen LogP contribution is -2.24. The molecular weight excluding hydrogens is 400 g/mol. The van der Waals surface area contributed by atoms with Gasteiger partial charge >= 0.3 is 0 Å². The van der Waals surface area contributed by atoms with Gasteiger partial charge in [-0.3, -0.25) is 4.79 Å². The Balaban J connectivity index is 1.35. The molecule has 0 spiro atoms. The van der Waals surface area contributed by atoms with Crippen molar-refractivity contribution in [2.75, 3.05) is 20.0 Å². The van der Waals surface area contributed by atoms with Gasteiger partial charge in [0.25, 0.3) is 0 Å². The molecule has 3 aromatic rings. The van der Waals surface area contributed by atoms with E-state index >= 15 is 0 Å². The highest BCUT2D eigenvalue weighted by Gasteiger charge is 2.30. The lowest BCUT2D eigenvalue weighted by atomic mass is 10.2. The van der Waals surface area contributed by atoms with Gasteiger partial charge in [0, 0.05) is 12.5 Å². The van der Waals surface area contributed by atoms with Crippen LogP contribution in [0.1, 0.15) is 30.1 Å². The van der Waals surface area contributed by atoms with Crippen molar-refractivity contribution >= 4 is 17.7 Å². The van der Waals surface area contributed by atoms with Crippen LogP contribution in [0.15, 0.2) is 53.7 Å². The van der Waals surface area contributed by atoms with Gasteiger partial charge in [0.2, 0.25) is 11.1 Å². The Morgan fingerprint density at radius 2 is 1.90 bits per heavy atom. The Morgan fingerprint density at radius 1 is 1.13 bits per heavy atom. The number of nitrogens with one attached hydrogen (secondary N) is 1. The first-order valence-corrected chi connectivity index (χ1v) is 10.8. The number of ether oxygens (including phenoxy) is 2. The van der Waals surface area contributed by atoms with Crippen LogP contribution in [-0.4, -0.2) is 40.6 Å². The molecule has 1 aliphatic carbocycles. The van der Waals surface area contributed by atoms with E-state index in [2.05, 4.69) is 15.4 Å². The fraction of sp³-hybridized carbons (Fsp3) is 0.318. The van der Waals surface area contributed by atoms with E-state index in [-0.39, 0.29) is 11.7 Å². The summed E-state index contributed by atoms with van der Waals surface area (Å²) in [5, 5.41) is 8.19. The van der Waals surface area contributed by atoms with E-state index in [1.54, 1.807) is 14.2 Å². The summed E-state index contributed by atoms with van der Waals surface area (Å²) in [6, 6.07) is 15.6. The van der Waals surface area contributed by atoms with Crippen LogP contribution in [0.5, 0.6) is 11.5 Å². The molecule has 0 unspecified atom stereocenters. The molecule has 1 N–H and O–H groups in total. The Labute approximate surface area is 179 Å². The minimum Gasteiger partial charge on any atom is -0.493 e. The molecule has 1 heterocycles. The van der Waals surface area contributed by atoms with Crippen LogP contribution in [0.4, 0.5) is 0 Å². The van der Waals surface area contributed by atoms with Crippen LogP contribution in [0, 0.1) is 0 Å². The maximum Gasteiger partial charge on any atom is 0.230 e. The zero-order valence-corrected chi connectivity index (χ0v) is 17.8. The van der Waals surface area contributed by atoms with E-state index in [1.807, 2.05) is 53.2 Å². The second-order valence-corrected chi connectivity index (χ2v) is 7.97. The van der Waals surface area contributed by atoms with Crippen molar-refractivity contribution in [3.63, 3.8) is 0 Å². The lowest BCUT2D eigenvalue weighted by Gasteiger charge is -2.10. The van der Waals surface area contributed by atoms with Gasteiger partial charge in [-0.1, -0.05) is 36.0 Å². The number of amides is 1. The van der Waals surface area contributed by atoms with Crippen molar-refractivity contribution in [3.8, 4) is 17.2 Å². The highest BCUT2D eigenvalue weighted by molar-refractivity contribution is 7.99. The maximum absolute atomic E-state index is 12.3. The minimum absolute atomic E-state index is 0.0705. The zero-order chi connectivity index (χ0) is 20.9. The Bertz CT molecular complexity index is 1020. The Morgan fingerprint density at radius 3 is 2.60 bits per heavy atom. The van der Waals surface area contributed by atoms with Crippen molar-refractivity contribution < 1.29 is 14.3 Å². The van der Waals surface area contributed by atoms with Crippen LogP contribution in [0.2, 0.25) is 0 Å². The molecule has 0 saturated heterocycles. The fourth-order valence-electron chi connectivity index (χ4n) is 3.10. The normalized spacial score (nSPS) is 13.1. The standard InChI is InChI=1S/C22H24N4O3S/c1-28-18-11-8-15(12-19(18)29-2)13-23-20(27)14-30-22-24-21(16-9-10-16)26(25-22)17-6-4-3-5-7-17/h3-8,11-12,16H,9-10,13-14H2,1-2H3,(H,23,27). The second kappa shape index (κ2) is 9.21. The Kier molecular flexibility index (Phi) is 6.23. The van der Waals surface area contributed by atoms with E-state index in [1.165, 1.54) is 11.8 Å². The van der Waals surface area contributed by atoms with Crippen LogP contribution < -0.4 is 14.8 Å². The third-order valence-electron chi connectivity index (χ3n) is 4.83. The highest BCUT2D eigenvalue weighted by atomic mass is 32.2. The highest BCUT2D eigenvalue weighted by Crippen LogP contribution is 2.40. The van der Waals surface area contributed by atoms with Gasteiger partial charge < -0.3 is 14.8 Å². The molecule has 0 atom stereocenters. The minimum atomic E-state index is -0.0705. The molecule has 1 aromatic heterocycles. The summed E-state index contributed by atoms with van der Waals surface area (Å²) in [4.78, 5) is 17.0. The summed E-state index contributed by atoms with van der Waals surface area (Å²) in [6.07, 6.45) is 2.28. The van der Waals surface area contributed by atoms with Crippen molar-refractivity contribution in [1.82, 2.24) is 20.1 Å². The van der Waals surface area contributed by atoms with Crippen LogP contribution in [0.25, 0.3) is 5.69 Å². The number of rotatable bonds is 9. The van der Waals surface area contributed by atoms with Gasteiger partial charge in [0.05, 0.1) is 25.7 Å². The predicted molar refractivity (Wildman–Crippen MR) is 115 cm³/mol. The molecule has 1 saturated carbocycles. The molecule has 156 valence electrons. The molecule has 7 nitrogen and oxygen atoms in total. The fourth-order valence-corrected chi connectivity index (χ4v) is 3.76. The molecule has 0 aliphatic heterocycles. The number of hydrogen-bond acceptors (Lipinski definition) is 6. The zero-order valence-electron chi connectivity index (χ0n) is 17.0. The smallest absolute Gasteiger partial charge is 0.230 e. The summed E-state index contributed by atoms with van der Waals surface area (Å²) >= 11 is 1.35. The average molecular weight is 425 g/mol. The van der Waals surface area contributed by atoms with E-state index in [9.17, 15) is 4.79 Å². The summed E-state index contributed by atoms with van der Waals surface area (Å²) in [5.74, 6) is 2.94. The van der Waals surface area contributed by atoms with Crippen LogP contribution in [-0.2, 0) is 11.3 Å². The van der Waals surface area contributed by atoms with Gasteiger partial charge in [-0.2, -0.15) is 0 Å². The molecule has 30 heavy (non-hydrogen) atoms. The summed E-state index contributed by atoms with van der Waals surface area (Å²) in [5.41, 5.74) is 1.94. The van der Waals surface area contributed by atoms with Crippen molar-refractivity contribution in [1.29, 1.82) is 0 Å². The lowest BCUT2D eigenvalue weighted by molar-refractivity contribution is -0.118. The number of methoxy groups -OCH3 is 2. The molecule has 1 aliphatic rings. The number of nitrogens with zero attached hydrogens (tertiary/aromatic N) is 3. The van der Waals surface area contributed by atoms with E-state index in [4.69, 9.17) is 9.47 Å². The number of thioether (sulfide) groups is 1. The predicted octanol–water partition coefficient (Wildman–Crippen LogP) is 3.57. The quantitative estimate of drug-likeness (QED) is 0.529. The van der Waals surface area contributed by atoms with Gasteiger partial charge in [0.1, 0.15) is 5.82 Å². The van der Waals surface area contributed by atoms with Gasteiger partial charge in [0.15, 0.2) is 11.5 Å². The number of hydrogen-bond donors (Lipinski definition) is 1. The number of benzene rings is 2. The monoisotopic (exact) mass is 424 g/mol. The molecular formula is C22H24N4O3S. The number of carbonyl (C=O) groups excluding carboxylic acids is 1. The second-order valence-electron chi connectivity index (χ2n) is 7.03. The van der Waals surface area contributed by atoms with Crippen LogP contribution >= 0.6 is 11.8 Å². The van der Waals surface area contributed by atoms with Crippen LogP contribution in [0.3, 0.4) is 0 Å². The first kappa shape index (κ1) is 20.3. The average Bonchev–Trinajstić information content (AvgIpc) is 3.55. The van der Waals surface area contributed by atoms with Gasteiger partial charge in [-0.05, 0) is 42.7 Å². The topological polar surface area (TPSA) is 78.3 Å². The third-order valence-corrected chi connectivity index (χ3v) is 5.66. The van der Waals surface area contributed by atoms with Crippen molar-refractivity contribution in [3.05, 3.63) is 59.9 Å². The first-order chi connectivity index (χ1) is 14.7. The number of carbonyl (C=O) groups is 1. The summed E-state index contributed by atoms with van der Waals surface area (Å²) < 4.78 is 12.4. The van der Waals surface area contributed by atoms with E-state index in [0.717, 1.165) is 29.9 Å². The molecule has 0 radical (unpaired) electrons. The molecule has 1 fully saturated rings.